The van der Waals surface area contributed by atoms with E-state index in [1.807, 2.05) is 13.8 Å². The van der Waals surface area contributed by atoms with Crippen LogP contribution in [0, 0.1) is 5.41 Å². The molecule has 0 unspecified atom stereocenters. The lowest BCUT2D eigenvalue weighted by atomic mass is 9.79. The van der Waals surface area contributed by atoms with Crippen molar-refractivity contribution in [3.05, 3.63) is 24.3 Å². The number of rotatable bonds is 4. The Morgan fingerprint density at radius 3 is 2.00 bits per heavy atom. The number of carbonyl (C=O) groups excluding carboxylic acids is 2. The van der Waals surface area contributed by atoms with Crippen LogP contribution in [0.4, 0.5) is 5.69 Å². The fourth-order valence-corrected chi connectivity index (χ4v) is 2.32. The van der Waals surface area contributed by atoms with Crippen LogP contribution in [0.3, 0.4) is 0 Å². The van der Waals surface area contributed by atoms with Gasteiger partial charge in [-0.05, 0) is 37.1 Å². The van der Waals surface area contributed by atoms with Crippen molar-refractivity contribution in [2.24, 2.45) is 10.4 Å². The summed E-state index contributed by atoms with van der Waals surface area (Å²) in [5.74, 6) is 0.270. The third-order valence-electron chi connectivity index (χ3n) is 3.85. The van der Waals surface area contributed by atoms with Gasteiger partial charge in [-0.3, -0.25) is 20.2 Å². The molecule has 2 amide bonds. The highest BCUT2D eigenvalue weighted by atomic mass is 16.5. The van der Waals surface area contributed by atoms with Gasteiger partial charge in [0.15, 0.2) is 0 Å². The molecule has 0 aliphatic carbocycles. The second-order valence-corrected chi connectivity index (χ2v) is 4.86. The fraction of sp³-hybridized carbons (Fsp3) is 0.400. The maximum atomic E-state index is 12.2. The lowest BCUT2D eigenvalue weighted by molar-refractivity contribution is -0.144. The molecule has 0 bridgehead atoms. The monoisotopic (exact) mass is 289 g/mol. The van der Waals surface area contributed by atoms with Gasteiger partial charge in [-0.2, -0.15) is 0 Å². The minimum Gasteiger partial charge on any atom is -0.497 e. The van der Waals surface area contributed by atoms with E-state index in [1.54, 1.807) is 31.4 Å². The molecule has 0 atom stereocenters. The van der Waals surface area contributed by atoms with Crippen LogP contribution in [0.25, 0.3) is 0 Å². The lowest BCUT2D eigenvalue weighted by Crippen LogP contribution is -2.62. The van der Waals surface area contributed by atoms with E-state index in [0.29, 0.717) is 24.3 Å². The lowest BCUT2D eigenvalue weighted by Gasteiger charge is -2.33. The number of ether oxygens (including phenoxy) is 1. The topological polar surface area (TPSA) is 79.8 Å². The highest BCUT2D eigenvalue weighted by Gasteiger charge is 2.46. The van der Waals surface area contributed by atoms with Crippen LogP contribution in [0.2, 0.25) is 0 Å². The van der Waals surface area contributed by atoms with Crippen molar-refractivity contribution >= 4 is 23.5 Å². The summed E-state index contributed by atoms with van der Waals surface area (Å²) in [4.78, 5) is 28.7. The van der Waals surface area contributed by atoms with Crippen LogP contribution in [-0.2, 0) is 9.59 Å². The van der Waals surface area contributed by atoms with Gasteiger partial charge < -0.3 is 4.74 Å². The highest BCUT2D eigenvalue weighted by molar-refractivity contribution is 6.20. The zero-order chi connectivity index (χ0) is 15.5. The standard InChI is InChI=1S/C15H19N3O3/c1-4-15(5-2)12(19)17-14(18-13(15)20)16-10-6-8-11(21-3)9-7-10/h6-9H,4-5H2,1-3H3,(H2,16,17,18,19,20). The molecule has 2 rings (SSSR count). The molecule has 0 radical (unpaired) electrons. The number of aliphatic imine (C=N–C) groups is 1. The Balaban J connectivity index is 2.22. The SMILES string of the molecule is CCC1(CC)C(=O)NC(=Nc2ccc(OC)cc2)NC1=O. The van der Waals surface area contributed by atoms with Crippen LogP contribution in [-0.4, -0.2) is 24.9 Å². The van der Waals surface area contributed by atoms with E-state index in [9.17, 15) is 9.59 Å². The first-order valence-electron chi connectivity index (χ1n) is 6.91. The maximum Gasteiger partial charge on any atom is 0.242 e. The number of hydrogen-bond acceptors (Lipinski definition) is 4. The van der Waals surface area contributed by atoms with E-state index in [4.69, 9.17) is 4.74 Å². The Hall–Kier alpha value is -2.37. The Labute approximate surface area is 123 Å². The first-order chi connectivity index (χ1) is 10.1. The minimum atomic E-state index is -1.00. The predicted octanol–water partition coefficient (Wildman–Crippen LogP) is 1.74. The second-order valence-electron chi connectivity index (χ2n) is 4.86. The van der Waals surface area contributed by atoms with Gasteiger partial charge in [0.05, 0.1) is 12.8 Å². The summed E-state index contributed by atoms with van der Waals surface area (Å²) in [6.45, 7) is 3.66. The van der Waals surface area contributed by atoms with Crippen LogP contribution in [0.5, 0.6) is 5.75 Å². The van der Waals surface area contributed by atoms with Crippen molar-refractivity contribution in [2.75, 3.05) is 7.11 Å². The molecule has 2 N–H and O–H groups in total. The summed E-state index contributed by atoms with van der Waals surface area (Å²) < 4.78 is 5.06. The summed E-state index contributed by atoms with van der Waals surface area (Å²) in [6.07, 6.45) is 0.911. The zero-order valence-corrected chi connectivity index (χ0v) is 12.4. The molecule has 1 heterocycles. The van der Waals surface area contributed by atoms with Gasteiger partial charge in [0.1, 0.15) is 11.2 Å². The molecule has 0 spiro atoms. The van der Waals surface area contributed by atoms with E-state index < -0.39 is 5.41 Å². The molecule has 6 heteroatoms. The van der Waals surface area contributed by atoms with Gasteiger partial charge >= 0.3 is 0 Å². The first-order valence-corrected chi connectivity index (χ1v) is 6.91. The van der Waals surface area contributed by atoms with Crippen LogP contribution in [0.1, 0.15) is 26.7 Å². The number of methoxy groups -OCH3 is 1. The molecular weight excluding hydrogens is 270 g/mol. The van der Waals surface area contributed by atoms with Crippen molar-refractivity contribution in [3.63, 3.8) is 0 Å². The fourth-order valence-electron chi connectivity index (χ4n) is 2.32. The number of nitrogens with one attached hydrogen (secondary N) is 2. The number of guanidine groups is 1. The smallest absolute Gasteiger partial charge is 0.242 e. The van der Waals surface area contributed by atoms with E-state index in [2.05, 4.69) is 15.6 Å². The normalized spacial score (nSPS) is 17.0. The van der Waals surface area contributed by atoms with Crippen molar-refractivity contribution in [2.45, 2.75) is 26.7 Å². The summed E-state index contributed by atoms with van der Waals surface area (Å²) >= 11 is 0. The number of nitrogens with zero attached hydrogens (tertiary/aromatic N) is 1. The van der Waals surface area contributed by atoms with Crippen LogP contribution < -0.4 is 15.4 Å². The van der Waals surface area contributed by atoms with E-state index >= 15 is 0 Å². The van der Waals surface area contributed by atoms with Crippen molar-refractivity contribution in [1.82, 2.24) is 10.6 Å². The van der Waals surface area contributed by atoms with Gasteiger partial charge in [-0.1, -0.05) is 13.8 Å². The van der Waals surface area contributed by atoms with Gasteiger partial charge in [0.2, 0.25) is 17.8 Å². The largest absolute Gasteiger partial charge is 0.497 e. The number of carbonyl (C=O) groups is 2. The molecule has 1 aromatic rings. The Morgan fingerprint density at radius 1 is 1.05 bits per heavy atom. The van der Waals surface area contributed by atoms with Gasteiger partial charge in [-0.25, -0.2) is 4.99 Å². The maximum absolute atomic E-state index is 12.2. The quantitative estimate of drug-likeness (QED) is 0.828. The molecule has 112 valence electrons. The average Bonchev–Trinajstić information content (AvgIpc) is 2.49. The molecule has 1 fully saturated rings. The molecule has 1 aromatic carbocycles. The molecule has 6 nitrogen and oxygen atoms in total. The van der Waals surface area contributed by atoms with Gasteiger partial charge in [0.25, 0.3) is 0 Å². The van der Waals surface area contributed by atoms with Gasteiger partial charge in [-0.15, -0.1) is 0 Å². The summed E-state index contributed by atoms with van der Waals surface area (Å²) in [5.41, 5.74) is -0.384. The molecule has 0 aromatic heterocycles. The Kier molecular flexibility index (Phi) is 4.26. The third kappa shape index (κ3) is 2.74. The Bertz CT molecular complexity index is 552. The minimum absolute atomic E-state index is 0.160. The highest BCUT2D eigenvalue weighted by Crippen LogP contribution is 2.29. The molecule has 1 aliphatic heterocycles. The number of hydrogen-bond donors (Lipinski definition) is 2. The van der Waals surface area contributed by atoms with E-state index in [1.165, 1.54) is 0 Å². The van der Waals surface area contributed by atoms with Crippen LogP contribution >= 0.6 is 0 Å². The molecular formula is C15H19N3O3. The van der Waals surface area contributed by atoms with Gasteiger partial charge in [0, 0.05) is 0 Å². The first kappa shape index (κ1) is 15.0. The van der Waals surface area contributed by atoms with Crippen LogP contribution in [0.15, 0.2) is 29.3 Å². The molecule has 21 heavy (non-hydrogen) atoms. The molecule has 1 aliphatic rings. The predicted molar refractivity (Wildman–Crippen MR) is 79.4 cm³/mol. The van der Waals surface area contributed by atoms with E-state index in [-0.39, 0.29) is 17.8 Å². The Morgan fingerprint density at radius 2 is 1.57 bits per heavy atom. The molecule has 1 saturated heterocycles. The van der Waals surface area contributed by atoms with E-state index in [0.717, 1.165) is 0 Å². The molecule has 0 saturated carbocycles. The van der Waals surface area contributed by atoms with Crippen molar-refractivity contribution < 1.29 is 14.3 Å². The van der Waals surface area contributed by atoms with Crippen molar-refractivity contribution in [1.29, 1.82) is 0 Å². The summed E-state index contributed by atoms with van der Waals surface area (Å²) in [7, 11) is 1.58. The average molecular weight is 289 g/mol. The summed E-state index contributed by atoms with van der Waals surface area (Å²) in [5, 5.41) is 5.33. The third-order valence-corrected chi connectivity index (χ3v) is 3.85. The second kappa shape index (κ2) is 5.95. The summed E-state index contributed by atoms with van der Waals surface area (Å²) in [6, 6.07) is 7.00. The number of benzene rings is 1. The zero-order valence-electron chi connectivity index (χ0n) is 12.4. The van der Waals surface area contributed by atoms with Crippen molar-refractivity contribution in [3.8, 4) is 5.75 Å². The number of amides is 2.